The molecule has 1 saturated heterocycles. The molecule has 0 amide bonds. The highest BCUT2D eigenvalue weighted by Crippen LogP contribution is 2.24. The minimum atomic E-state index is -2.84. The van der Waals surface area contributed by atoms with Crippen molar-refractivity contribution in [3.05, 3.63) is 16.6 Å². The first kappa shape index (κ1) is 12.0. The van der Waals surface area contributed by atoms with Gasteiger partial charge in [-0.1, -0.05) is 0 Å². The van der Waals surface area contributed by atoms with Crippen LogP contribution >= 0.6 is 11.3 Å². The number of sulfone groups is 1. The van der Waals surface area contributed by atoms with Gasteiger partial charge < -0.3 is 0 Å². The van der Waals surface area contributed by atoms with E-state index in [2.05, 4.69) is 10.4 Å². The molecule has 0 bridgehead atoms. The van der Waals surface area contributed by atoms with Gasteiger partial charge in [0.15, 0.2) is 9.84 Å². The van der Waals surface area contributed by atoms with Gasteiger partial charge in [-0.15, -0.1) is 11.3 Å². The number of aromatic nitrogens is 1. The van der Waals surface area contributed by atoms with Gasteiger partial charge in [-0.25, -0.2) is 8.42 Å². The Morgan fingerprint density at radius 1 is 1.69 bits per heavy atom. The molecule has 0 radical (unpaired) electrons. The van der Waals surface area contributed by atoms with Crippen LogP contribution < -0.4 is 11.3 Å². The van der Waals surface area contributed by atoms with Gasteiger partial charge in [-0.2, -0.15) is 0 Å². The molecule has 0 aliphatic carbocycles. The molecule has 0 aromatic carbocycles. The Labute approximate surface area is 99.0 Å². The highest BCUT2D eigenvalue weighted by Gasteiger charge is 2.33. The summed E-state index contributed by atoms with van der Waals surface area (Å²) in [5, 5.41) is 0. The normalized spacial score (nSPS) is 25.7. The van der Waals surface area contributed by atoms with E-state index in [9.17, 15) is 8.42 Å². The van der Waals surface area contributed by atoms with Crippen LogP contribution in [0.1, 0.15) is 11.3 Å². The van der Waals surface area contributed by atoms with Crippen molar-refractivity contribution in [2.24, 2.45) is 11.8 Å². The number of rotatable bonds is 4. The molecular formula is C9H15N3O2S2. The number of nitrogens with two attached hydrogens (primary N) is 1. The summed E-state index contributed by atoms with van der Waals surface area (Å²) < 4.78 is 22.8. The van der Waals surface area contributed by atoms with E-state index in [1.807, 2.05) is 0 Å². The van der Waals surface area contributed by atoms with Crippen molar-refractivity contribution in [2.45, 2.75) is 18.9 Å². The van der Waals surface area contributed by atoms with Crippen molar-refractivity contribution in [1.29, 1.82) is 0 Å². The van der Waals surface area contributed by atoms with Crippen LogP contribution in [0.4, 0.5) is 0 Å². The van der Waals surface area contributed by atoms with Crippen molar-refractivity contribution in [2.75, 3.05) is 11.5 Å². The standard InChI is InChI=1S/C9H15N3O2S2/c10-12-9(3-8-4-11-6-15-8)7-1-2-16(13,14)5-7/h4,6-7,9,12H,1-3,5,10H2. The van der Waals surface area contributed by atoms with E-state index in [4.69, 9.17) is 5.84 Å². The van der Waals surface area contributed by atoms with Crippen LogP contribution in [0.3, 0.4) is 0 Å². The van der Waals surface area contributed by atoms with Crippen LogP contribution in [-0.4, -0.2) is 30.9 Å². The summed E-state index contributed by atoms with van der Waals surface area (Å²) in [7, 11) is -2.84. The molecule has 5 nitrogen and oxygen atoms in total. The molecule has 0 spiro atoms. The zero-order valence-electron chi connectivity index (χ0n) is 8.80. The maximum absolute atomic E-state index is 11.4. The van der Waals surface area contributed by atoms with E-state index in [0.29, 0.717) is 12.2 Å². The summed E-state index contributed by atoms with van der Waals surface area (Å²) in [5.41, 5.74) is 4.51. The summed E-state index contributed by atoms with van der Waals surface area (Å²) in [4.78, 5) is 5.13. The fourth-order valence-electron chi connectivity index (χ4n) is 2.06. The molecule has 7 heteroatoms. The molecule has 3 N–H and O–H groups in total. The van der Waals surface area contributed by atoms with Crippen LogP contribution in [0.2, 0.25) is 0 Å². The molecule has 1 aromatic rings. The number of thiazole rings is 1. The predicted octanol–water partition coefficient (Wildman–Crippen LogP) is -0.0478. The van der Waals surface area contributed by atoms with E-state index >= 15 is 0 Å². The van der Waals surface area contributed by atoms with Crippen molar-refractivity contribution >= 4 is 21.2 Å². The molecule has 2 atom stereocenters. The van der Waals surface area contributed by atoms with Gasteiger partial charge in [0.05, 0.1) is 17.0 Å². The zero-order chi connectivity index (χ0) is 11.6. The maximum Gasteiger partial charge on any atom is 0.150 e. The van der Waals surface area contributed by atoms with Gasteiger partial charge in [-0.3, -0.25) is 16.3 Å². The van der Waals surface area contributed by atoms with E-state index in [1.165, 1.54) is 0 Å². The lowest BCUT2D eigenvalue weighted by Gasteiger charge is -2.20. The van der Waals surface area contributed by atoms with Crippen molar-refractivity contribution in [1.82, 2.24) is 10.4 Å². The first-order chi connectivity index (χ1) is 7.61. The Kier molecular flexibility index (Phi) is 3.58. The second-order valence-electron chi connectivity index (χ2n) is 4.11. The van der Waals surface area contributed by atoms with Gasteiger partial charge in [0.2, 0.25) is 0 Å². The summed E-state index contributed by atoms with van der Waals surface area (Å²) in [6.07, 6.45) is 3.26. The van der Waals surface area contributed by atoms with Gasteiger partial charge >= 0.3 is 0 Å². The Morgan fingerprint density at radius 2 is 2.50 bits per heavy atom. The molecule has 1 aromatic heterocycles. The van der Waals surface area contributed by atoms with E-state index in [-0.39, 0.29) is 17.7 Å². The highest BCUT2D eigenvalue weighted by molar-refractivity contribution is 7.91. The molecule has 16 heavy (non-hydrogen) atoms. The minimum Gasteiger partial charge on any atom is -0.271 e. The SMILES string of the molecule is NNC(Cc1cncs1)C1CCS(=O)(=O)C1. The summed E-state index contributed by atoms with van der Waals surface area (Å²) in [6.45, 7) is 0. The van der Waals surface area contributed by atoms with E-state index in [0.717, 1.165) is 11.3 Å². The molecule has 2 heterocycles. The Bertz CT molecular complexity index is 430. The van der Waals surface area contributed by atoms with Crippen LogP contribution in [0.5, 0.6) is 0 Å². The van der Waals surface area contributed by atoms with Gasteiger partial charge in [-0.05, 0) is 12.3 Å². The second-order valence-corrected chi connectivity index (χ2v) is 7.31. The third-order valence-corrected chi connectivity index (χ3v) is 5.55. The zero-order valence-corrected chi connectivity index (χ0v) is 10.4. The summed E-state index contributed by atoms with van der Waals surface area (Å²) in [5.74, 6) is 6.16. The molecule has 2 unspecified atom stereocenters. The quantitative estimate of drug-likeness (QED) is 0.586. The van der Waals surface area contributed by atoms with Crippen LogP contribution in [0, 0.1) is 5.92 Å². The number of nitrogens with zero attached hydrogens (tertiary/aromatic N) is 1. The fourth-order valence-corrected chi connectivity index (χ4v) is 4.60. The maximum atomic E-state index is 11.4. The first-order valence-corrected chi connectivity index (χ1v) is 7.85. The van der Waals surface area contributed by atoms with Crippen molar-refractivity contribution in [3.8, 4) is 0 Å². The third-order valence-electron chi connectivity index (χ3n) is 2.96. The molecule has 90 valence electrons. The first-order valence-electron chi connectivity index (χ1n) is 5.14. The Hall–Kier alpha value is -0.500. The number of nitrogens with one attached hydrogen (secondary N) is 1. The van der Waals surface area contributed by atoms with Crippen LogP contribution in [0.15, 0.2) is 11.7 Å². The van der Waals surface area contributed by atoms with Crippen LogP contribution in [-0.2, 0) is 16.3 Å². The number of hydrogen-bond acceptors (Lipinski definition) is 6. The lowest BCUT2D eigenvalue weighted by atomic mass is 9.96. The minimum absolute atomic E-state index is 0.0257. The average Bonchev–Trinajstić information content (AvgIpc) is 2.83. The largest absolute Gasteiger partial charge is 0.271 e. The molecule has 1 fully saturated rings. The lowest BCUT2D eigenvalue weighted by molar-refractivity contribution is 0.387. The highest BCUT2D eigenvalue weighted by atomic mass is 32.2. The summed E-state index contributed by atoms with van der Waals surface area (Å²) in [6, 6.07) is 0.0257. The van der Waals surface area contributed by atoms with Crippen molar-refractivity contribution < 1.29 is 8.42 Å². The topological polar surface area (TPSA) is 85.1 Å². The van der Waals surface area contributed by atoms with E-state index < -0.39 is 9.84 Å². The molecule has 1 aliphatic rings. The lowest BCUT2D eigenvalue weighted by Crippen LogP contribution is -2.42. The second kappa shape index (κ2) is 4.79. The average molecular weight is 261 g/mol. The molecule has 2 rings (SSSR count). The monoisotopic (exact) mass is 261 g/mol. The number of hydrazine groups is 1. The van der Waals surface area contributed by atoms with Gasteiger partial charge in [0.25, 0.3) is 0 Å². The molecule has 0 saturated carbocycles. The Balaban J connectivity index is 2.01. The molecule has 1 aliphatic heterocycles. The number of hydrogen-bond donors (Lipinski definition) is 2. The predicted molar refractivity (Wildman–Crippen MR) is 63.7 cm³/mol. The van der Waals surface area contributed by atoms with E-state index in [1.54, 1.807) is 23.0 Å². The van der Waals surface area contributed by atoms with Crippen LogP contribution in [0.25, 0.3) is 0 Å². The smallest absolute Gasteiger partial charge is 0.150 e. The Morgan fingerprint density at radius 3 is 3.00 bits per heavy atom. The van der Waals surface area contributed by atoms with Gasteiger partial charge in [0, 0.05) is 23.5 Å². The molecular weight excluding hydrogens is 246 g/mol. The van der Waals surface area contributed by atoms with Gasteiger partial charge in [0.1, 0.15) is 0 Å². The fraction of sp³-hybridized carbons (Fsp3) is 0.667. The third kappa shape index (κ3) is 2.79. The van der Waals surface area contributed by atoms with Crippen molar-refractivity contribution in [3.63, 3.8) is 0 Å². The summed E-state index contributed by atoms with van der Waals surface area (Å²) >= 11 is 1.57.